The van der Waals surface area contributed by atoms with Crippen molar-refractivity contribution >= 4 is 17.5 Å². The third-order valence-corrected chi connectivity index (χ3v) is 3.45. The molecule has 2 aromatic carbocycles. The molecule has 0 saturated carbocycles. The van der Waals surface area contributed by atoms with Gasteiger partial charge >= 0.3 is 0 Å². The van der Waals surface area contributed by atoms with Crippen molar-refractivity contribution in [1.82, 2.24) is 5.32 Å². The van der Waals surface area contributed by atoms with Crippen molar-refractivity contribution in [2.75, 3.05) is 11.9 Å². The van der Waals surface area contributed by atoms with E-state index in [1.54, 1.807) is 0 Å². The minimum absolute atomic E-state index is 0.134. The maximum atomic E-state index is 11.8. The van der Waals surface area contributed by atoms with Gasteiger partial charge in [0.2, 0.25) is 11.8 Å². The minimum atomic E-state index is -0.140. The molecule has 0 saturated heterocycles. The van der Waals surface area contributed by atoms with Crippen LogP contribution < -0.4 is 15.4 Å². The number of benzene rings is 2. The van der Waals surface area contributed by atoms with E-state index in [-0.39, 0.29) is 18.2 Å². The Balaban J connectivity index is 1.87. The fourth-order valence-electron chi connectivity index (χ4n) is 2.17. The molecule has 2 aromatic rings. The lowest BCUT2D eigenvalue weighted by Gasteiger charge is -2.11. The SMILES string of the molecule is CC(=O)NCCC(=O)Nc1ccc(OCc2ccccc2)cc1C. The van der Waals surface area contributed by atoms with Crippen molar-refractivity contribution in [3.63, 3.8) is 0 Å². The van der Waals surface area contributed by atoms with Gasteiger partial charge in [0.1, 0.15) is 12.4 Å². The van der Waals surface area contributed by atoms with Gasteiger partial charge in [-0.2, -0.15) is 0 Å². The van der Waals surface area contributed by atoms with Crippen LogP contribution in [0.25, 0.3) is 0 Å². The van der Waals surface area contributed by atoms with Gasteiger partial charge in [0.15, 0.2) is 0 Å². The summed E-state index contributed by atoms with van der Waals surface area (Å²) in [5.74, 6) is 0.483. The smallest absolute Gasteiger partial charge is 0.226 e. The summed E-state index contributed by atoms with van der Waals surface area (Å²) >= 11 is 0. The quantitative estimate of drug-likeness (QED) is 0.822. The Morgan fingerprint density at radius 2 is 1.83 bits per heavy atom. The number of hydrogen-bond donors (Lipinski definition) is 2. The Labute approximate surface area is 142 Å². The first kappa shape index (κ1) is 17.5. The number of nitrogens with one attached hydrogen (secondary N) is 2. The van der Waals surface area contributed by atoms with E-state index in [0.29, 0.717) is 13.2 Å². The predicted octanol–water partition coefficient (Wildman–Crippen LogP) is 3.04. The Hall–Kier alpha value is -2.82. The molecule has 2 N–H and O–H groups in total. The van der Waals surface area contributed by atoms with Crippen molar-refractivity contribution in [3.05, 3.63) is 59.7 Å². The second-order valence-corrected chi connectivity index (χ2v) is 5.53. The number of hydrogen-bond acceptors (Lipinski definition) is 3. The van der Waals surface area contributed by atoms with E-state index in [4.69, 9.17) is 4.74 Å². The summed E-state index contributed by atoms with van der Waals surface area (Å²) in [6.45, 7) is 4.18. The van der Waals surface area contributed by atoms with Crippen molar-refractivity contribution in [2.24, 2.45) is 0 Å². The second-order valence-electron chi connectivity index (χ2n) is 5.53. The van der Waals surface area contributed by atoms with Crippen LogP contribution in [0.5, 0.6) is 5.75 Å². The summed E-state index contributed by atoms with van der Waals surface area (Å²) in [5, 5.41) is 5.44. The molecule has 0 unspecified atom stereocenters. The van der Waals surface area contributed by atoms with Crippen LogP contribution in [0.15, 0.2) is 48.5 Å². The van der Waals surface area contributed by atoms with E-state index in [1.807, 2.05) is 55.5 Å². The number of rotatable bonds is 7. The molecule has 5 heteroatoms. The molecule has 0 aliphatic rings. The Kier molecular flexibility index (Phi) is 6.37. The molecular formula is C19H22N2O3. The summed E-state index contributed by atoms with van der Waals surface area (Å²) in [7, 11) is 0. The highest BCUT2D eigenvalue weighted by atomic mass is 16.5. The molecule has 0 fully saturated rings. The molecule has 0 heterocycles. The first-order chi connectivity index (χ1) is 11.5. The normalized spacial score (nSPS) is 10.1. The van der Waals surface area contributed by atoms with Gasteiger partial charge < -0.3 is 15.4 Å². The topological polar surface area (TPSA) is 67.4 Å². The van der Waals surface area contributed by atoms with Crippen molar-refractivity contribution in [3.8, 4) is 5.75 Å². The summed E-state index contributed by atoms with van der Waals surface area (Å²) in [6, 6.07) is 15.5. The highest BCUT2D eigenvalue weighted by Gasteiger charge is 2.06. The molecule has 2 amide bonds. The number of aryl methyl sites for hydroxylation is 1. The summed E-state index contributed by atoms with van der Waals surface area (Å²) in [4.78, 5) is 22.6. The molecule has 0 spiro atoms. The zero-order chi connectivity index (χ0) is 17.4. The van der Waals surface area contributed by atoms with Gasteiger partial charge in [0.05, 0.1) is 0 Å². The van der Waals surface area contributed by atoms with E-state index in [0.717, 1.165) is 22.6 Å². The summed E-state index contributed by atoms with van der Waals surface area (Å²) < 4.78 is 5.76. The Bertz CT molecular complexity index is 699. The van der Waals surface area contributed by atoms with Gasteiger partial charge in [-0.3, -0.25) is 9.59 Å². The van der Waals surface area contributed by atoms with Gasteiger partial charge in [-0.15, -0.1) is 0 Å². The third-order valence-electron chi connectivity index (χ3n) is 3.45. The van der Waals surface area contributed by atoms with Crippen LogP contribution >= 0.6 is 0 Å². The molecule has 0 radical (unpaired) electrons. The van der Waals surface area contributed by atoms with E-state index in [1.165, 1.54) is 6.92 Å². The molecule has 0 aromatic heterocycles. The molecule has 0 atom stereocenters. The molecular weight excluding hydrogens is 304 g/mol. The number of carbonyl (C=O) groups is 2. The first-order valence-corrected chi connectivity index (χ1v) is 7.86. The average Bonchev–Trinajstić information content (AvgIpc) is 2.56. The molecule has 24 heavy (non-hydrogen) atoms. The molecule has 126 valence electrons. The van der Waals surface area contributed by atoms with Gasteiger partial charge in [0.25, 0.3) is 0 Å². The van der Waals surface area contributed by atoms with Crippen molar-refractivity contribution in [2.45, 2.75) is 26.9 Å². The predicted molar refractivity (Wildman–Crippen MR) is 93.9 cm³/mol. The zero-order valence-corrected chi connectivity index (χ0v) is 14.0. The standard InChI is InChI=1S/C19H22N2O3/c1-14-12-17(24-13-16-6-4-3-5-7-16)8-9-18(14)21-19(23)10-11-20-15(2)22/h3-9,12H,10-11,13H2,1-2H3,(H,20,22)(H,21,23). The molecule has 0 aliphatic carbocycles. The van der Waals surface area contributed by atoms with E-state index < -0.39 is 0 Å². The van der Waals surface area contributed by atoms with Crippen molar-refractivity contribution < 1.29 is 14.3 Å². The molecule has 0 aliphatic heterocycles. The van der Waals surface area contributed by atoms with Crippen LogP contribution in [0.4, 0.5) is 5.69 Å². The average molecular weight is 326 g/mol. The van der Waals surface area contributed by atoms with Gasteiger partial charge in [-0.05, 0) is 36.2 Å². The van der Waals surface area contributed by atoms with Crippen LogP contribution in [0.1, 0.15) is 24.5 Å². The molecule has 0 bridgehead atoms. The zero-order valence-electron chi connectivity index (χ0n) is 14.0. The molecule has 5 nitrogen and oxygen atoms in total. The monoisotopic (exact) mass is 326 g/mol. The minimum Gasteiger partial charge on any atom is -0.489 e. The maximum Gasteiger partial charge on any atom is 0.226 e. The van der Waals surface area contributed by atoms with Crippen LogP contribution in [-0.4, -0.2) is 18.4 Å². The summed E-state index contributed by atoms with van der Waals surface area (Å²) in [6.07, 6.45) is 0.241. The van der Waals surface area contributed by atoms with E-state index in [2.05, 4.69) is 10.6 Å². The lowest BCUT2D eigenvalue weighted by molar-refractivity contribution is -0.119. The van der Waals surface area contributed by atoms with Crippen LogP contribution in [-0.2, 0) is 16.2 Å². The lowest BCUT2D eigenvalue weighted by atomic mass is 10.2. The number of anilines is 1. The number of ether oxygens (including phenoxy) is 1. The third kappa shape index (κ3) is 5.76. The highest BCUT2D eigenvalue weighted by molar-refractivity contribution is 5.92. The maximum absolute atomic E-state index is 11.8. The first-order valence-electron chi connectivity index (χ1n) is 7.86. The number of amides is 2. The van der Waals surface area contributed by atoms with Crippen molar-refractivity contribution in [1.29, 1.82) is 0 Å². The van der Waals surface area contributed by atoms with Crippen LogP contribution in [0.3, 0.4) is 0 Å². The number of carbonyl (C=O) groups excluding carboxylic acids is 2. The van der Waals surface area contributed by atoms with Gasteiger partial charge in [0, 0.05) is 25.6 Å². The fourth-order valence-corrected chi connectivity index (χ4v) is 2.17. The highest BCUT2D eigenvalue weighted by Crippen LogP contribution is 2.22. The fraction of sp³-hybridized carbons (Fsp3) is 0.263. The second kappa shape index (κ2) is 8.72. The summed E-state index contributed by atoms with van der Waals surface area (Å²) in [5.41, 5.74) is 2.77. The Morgan fingerprint density at radius 3 is 2.50 bits per heavy atom. The van der Waals surface area contributed by atoms with Crippen LogP contribution in [0, 0.1) is 6.92 Å². The van der Waals surface area contributed by atoms with Gasteiger partial charge in [-0.1, -0.05) is 30.3 Å². The van der Waals surface area contributed by atoms with Crippen LogP contribution in [0.2, 0.25) is 0 Å². The Morgan fingerprint density at radius 1 is 1.08 bits per heavy atom. The lowest BCUT2D eigenvalue weighted by Crippen LogP contribution is -2.25. The molecule has 2 rings (SSSR count). The largest absolute Gasteiger partial charge is 0.489 e. The van der Waals surface area contributed by atoms with Gasteiger partial charge in [-0.25, -0.2) is 0 Å². The van der Waals surface area contributed by atoms with E-state index in [9.17, 15) is 9.59 Å². The van der Waals surface area contributed by atoms with E-state index >= 15 is 0 Å².